The average molecular weight is 451 g/mol. The molecule has 9 heteroatoms. The second kappa shape index (κ2) is 7.74. The molecule has 3 aromatic rings. The van der Waals surface area contributed by atoms with Crippen LogP contribution in [-0.4, -0.2) is 20.9 Å². The van der Waals surface area contributed by atoms with Crippen LogP contribution in [0.1, 0.15) is 22.5 Å². The van der Waals surface area contributed by atoms with Crippen molar-refractivity contribution >= 4 is 50.5 Å². The van der Waals surface area contributed by atoms with Crippen molar-refractivity contribution in [3.8, 4) is 0 Å². The highest BCUT2D eigenvalue weighted by atomic mass is 35.5. The third-order valence-corrected chi connectivity index (χ3v) is 6.71. The van der Waals surface area contributed by atoms with Gasteiger partial charge in [-0.15, -0.1) is 0 Å². The Hall–Kier alpha value is -2.48. The van der Waals surface area contributed by atoms with Gasteiger partial charge >= 0.3 is 0 Å². The molecule has 150 valence electrons. The molecule has 6 nitrogen and oxygen atoms in total. The molecule has 2 aromatic carbocycles. The molecule has 1 aromatic heterocycles. The Morgan fingerprint density at radius 1 is 1.10 bits per heavy atom. The Morgan fingerprint density at radius 3 is 2.69 bits per heavy atom. The summed E-state index contributed by atoms with van der Waals surface area (Å²) in [5.74, 6) is -0.0385. The summed E-state index contributed by atoms with van der Waals surface area (Å²) in [6.07, 6.45) is 3.05. The van der Waals surface area contributed by atoms with Crippen LogP contribution >= 0.6 is 23.2 Å². The highest BCUT2D eigenvalue weighted by molar-refractivity contribution is 7.92. The molecule has 0 saturated carbocycles. The third kappa shape index (κ3) is 3.99. The summed E-state index contributed by atoms with van der Waals surface area (Å²) >= 11 is 12.0. The van der Waals surface area contributed by atoms with Crippen LogP contribution in [-0.2, 0) is 16.4 Å². The topological polar surface area (TPSA) is 79.6 Å². The number of rotatable bonds is 4. The van der Waals surface area contributed by atoms with E-state index in [4.69, 9.17) is 27.6 Å². The van der Waals surface area contributed by atoms with E-state index in [1.54, 1.807) is 29.2 Å². The maximum atomic E-state index is 12.8. The van der Waals surface area contributed by atoms with Crippen molar-refractivity contribution in [2.45, 2.75) is 17.7 Å². The van der Waals surface area contributed by atoms with Crippen molar-refractivity contribution < 1.29 is 17.6 Å². The molecule has 1 aliphatic heterocycles. The van der Waals surface area contributed by atoms with Crippen molar-refractivity contribution in [1.82, 2.24) is 0 Å². The Morgan fingerprint density at radius 2 is 1.93 bits per heavy atom. The zero-order valence-electron chi connectivity index (χ0n) is 15.1. The van der Waals surface area contributed by atoms with Gasteiger partial charge in [-0.3, -0.25) is 9.52 Å². The van der Waals surface area contributed by atoms with Crippen LogP contribution in [0.3, 0.4) is 0 Å². The van der Waals surface area contributed by atoms with Crippen LogP contribution in [0.4, 0.5) is 11.4 Å². The van der Waals surface area contributed by atoms with Gasteiger partial charge in [0.1, 0.15) is 4.90 Å². The largest absolute Gasteiger partial charge is 0.459 e. The molecule has 0 fully saturated rings. The first-order valence-electron chi connectivity index (χ1n) is 8.81. The Balaban J connectivity index is 1.68. The number of hydrogen-bond donors (Lipinski definition) is 1. The second-order valence-electron chi connectivity index (χ2n) is 6.56. The lowest BCUT2D eigenvalue weighted by atomic mass is 10.0. The zero-order chi connectivity index (χ0) is 20.6. The fraction of sp³-hybridized carbons (Fsp3) is 0.150. The molecule has 1 aliphatic rings. The first kappa shape index (κ1) is 19.8. The SMILES string of the molecule is O=C(c1ccco1)N1CCCc2ccc(NS(=O)(=O)c3cc(Cl)ccc3Cl)cc21. The van der Waals surface area contributed by atoms with Crippen LogP contribution in [0.25, 0.3) is 0 Å². The van der Waals surface area contributed by atoms with E-state index in [1.165, 1.54) is 24.5 Å². The Kier molecular flexibility index (Phi) is 5.29. The highest BCUT2D eigenvalue weighted by Crippen LogP contribution is 2.33. The number of hydrogen-bond acceptors (Lipinski definition) is 4. The van der Waals surface area contributed by atoms with Gasteiger partial charge in [0.05, 0.1) is 17.0 Å². The van der Waals surface area contributed by atoms with Gasteiger partial charge in [0.2, 0.25) is 0 Å². The Bertz CT molecular complexity index is 1180. The van der Waals surface area contributed by atoms with E-state index in [2.05, 4.69) is 4.72 Å². The van der Waals surface area contributed by atoms with E-state index in [0.717, 1.165) is 18.4 Å². The molecule has 0 spiro atoms. The van der Waals surface area contributed by atoms with Crippen LogP contribution < -0.4 is 9.62 Å². The molecule has 0 saturated heterocycles. The number of aryl methyl sites for hydroxylation is 1. The number of carbonyl (C=O) groups excluding carboxylic acids is 1. The molecule has 29 heavy (non-hydrogen) atoms. The molecule has 1 N–H and O–H groups in total. The van der Waals surface area contributed by atoms with Gasteiger partial charge in [0, 0.05) is 17.3 Å². The first-order chi connectivity index (χ1) is 13.8. The van der Waals surface area contributed by atoms with E-state index >= 15 is 0 Å². The number of amides is 1. The molecule has 0 aliphatic carbocycles. The van der Waals surface area contributed by atoms with Gasteiger partial charge < -0.3 is 9.32 Å². The van der Waals surface area contributed by atoms with Gasteiger partial charge in [-0.05, 0) is 60.9 Å². The van der Waals surface area contributed by atoms with Crippen LogP contribution in [0.2, 0.25) is 10.0 Å². The van der Waals surface area contributed by atoms with E-state index in [0.29, 0.717) is 17.9 Å². The fourth-order valence-electron chi connectivity index (χ4n) is 3.28. The van der Waals surface area contributed by atoms with Crippen molar-refractivity contribution in [3.63, 3.8) is 0 Å². The molecular formula is C20H16Cl2N2O4S. The molecule has 2 heterocycles. The number of sulfonamides is 1. The smallest absolute Gasteiger partial charge is 0.293 e. The first-order valence-corrected chi connectivity index (χ1v) is 11.1. The lowest BCUT2D eigenvalue weighted by molar-refractivity contribution is 0.0958. The number of benzene rings is 2. The Labute approximate surface area is 178 Å². The summed E-state index contributed by atoms with van der Waals surface area (Å²) in [5, 5.41) is 0.324. The predicted octanol–water partition coefficient (Wildman–Crippen LogP) is 4.98. The molecule has 0 radical (unpaired) electrons. The normalized spacial score (nSPS) is 13.8. The lowest BCUT2D eigenvalue weighted by Crippen LogP contribution is -2.35. The summed E-state index contributed by atoms with van der Waals surface area (Å²) in [6, 6.07) is 12.6. The van der Waals surface area contributed by atoms with Crippen molar-refractivity contribution in [2.75, 3.05) is 16.2 Å². The summed E-state index contributed by atoms with van der Waals surface area (Å²) in [7, 11) is -3.96. The van der Waals surface area contributed by atoms with Gasteiger partial charge in [0.15, 0.2) is 5.76 Å². The number of nitrogens with one attached hydrogen (secondary N) is 1. The molecule has 4 rings (SSSR count). The molecule has 0 bridgehead atoms. The van der Waals surface area contributed by atoms with E-state index in [1.807, 2.05) is 6.07 Å². The number of nitrogens with zero attached hydrogens (tertiary/aromatic N) is 1. The molecular weight excluding hydrogens is 435 g/mol. The fourth-order valence-corrected chi connectivity index (χ4v) is 5.09. The molecule has 1 amide bonds. The van der Waals surface area contributed by atoms with E-state index in [-0.39, 0.29) is 26.6 Å². The number of fused-ring (bicyclic) bond motifs is 1. The lowest BCUT2D eigenvalue weighted by Gasteiger charge is -2.29. The van der Waals surface area contributed by atoms with Gasteiger partial charge in [-0.1, -0.05) is 29.3 Å². The zero-order valence-corrected chi connectivity index (χ0v) is 17.4. The van der Waals surface area contributed by atoms with Crippen LogP contribution in [0.15, 0.2) is 64.1 Å². The van der Waals surface area contributed by atoms with Crippen molar-refractivity contribution in [2.24, 2.45) is 0 Å². The number of halogens is 2. The van der Waals surface area contributed by atoms with Crippen LogP contribution in [0, 0.1) is 0 Å². The minimum Gasteiger partial charge on any atom is -0.459 e. The van der Waals surface area contributed by atoms with Gasteiger partial charge in [0.25, 0.3) is 15.9 Å². The quantitative estimate of drug-likeness (QED) is 0.607. The second-order valence-corrected chi connectivity index (χ2v) is 9.06. The average Bonchev–Trinajstić information content (AvgIpc) is 3.23. The van der Waals surface area contributed by atoms with Crippen molar-refractivity contribution in [1.29, 1.82) is 0 Å². The molecule has 0 atom stereocenters. The minimum absolute atomic E-state index is 0.0643. The predicted molar refractivity (Wildman–Crippen MR) is 112 cm³/mol. The van der Waals surface area contributed by atoms with Crippen LogP contribution in [0.5, 0.6) is 0 Å². The molecule has 0 unspecified atom stereocenters. The van der Waals surface area contributed by atoms with Crippen molar-refractivity contribution in [3.05, 3.63) is 76.2 Å². The van der Waals surface area contributed by atoms with Gasteiger partial charge in [-0.25, -0.2) is 8.42 Å². The monoisotopic (exact) mass is 450 g/mol. The van der Waals surface area contributed by atoms with E-state index in [9.17, 15) is 13.2 Å². The number of carbonyl (C=O) groups is 1. The van der Waals surface area contributed by atoms with Gasteiger partial charge in [-0.2, -0.15) is 0 Å². The number of anilines is 2. The highest BCUT2D eigenvalue weighted by Gasteiger charge is 2.26. The summed E-state index contributed by atoms with van der Waals surface area (Å²) in [6.45, 7) is 0.517. The maximum absolute atomic E-state index is 12.8. The summed E-state index contributed by atoms with van der Waals surface area (Å²) in [4.78, 5) is 14.3. The minimum atomic E-state index is -3.96. The third-order valence-electron chi connectivity index (χ3n) is 4.62. The number of furan rings is 1. The summed E-state index contributed by atoms with van der Waals surface area (Å²) in [5.41, 5.74) is 1.92. The maximum Gasteiger partial charge on any atom is 0.293 e. The summed E-state index contributed by atoms with van der Waals surface area (Å²) < 4.78 is 33.3. The standard InChI is InChI=1S/C20H16Cl2N2O4S/c21-14-6-8-16(22)19(11-14)29(26,27)23-15-7-5-13-3-1-9-24(17(13)12-15)20(25)18-4-2-10-28-18/h2,4-8,10-12,23H,1,3,9H2. The van der Waals surface area contributed by atoms with E-state index < -0.39 is 10.0 Å².